The molecule has 1 atom stereocenters. The zero-order valence-electron chi connectivity index (χ0n) is 20.2. The highest BCUT2D eigenvalue weighted by molar-refractivity contribution is 5.73. The maximum absolute atomic E-state index is 10.1. The van der Waals surface area contributed by atoms with Gasteiger partial charge in [0.1, 0.15) is 35.6 Å². The molecule has 0 saturated carbocycles. The fourth-order valence-electron chi connectivity index (χ4n) is 4.04. The van der Waals surface area contributed by atoms with Crippen molar-refractivity contribution in [3.8, 4) is 17.2 Å². The van der Waals surface area contributed by atoms with Crippen molar-refractivity contribution in [2.45, 2.75) is 45.1 Å². The molecule has 7 nitrogen and oxygen atoms in total. The number of benzene rings is 2. The van der Waals surface area contributed by atoms with Crippen molar-refractivity contribution in [3.05, 3.63) is 78.2 Å². The summed E-state index contributed by atoms with van der Waals surface area (Å²) in [5, 5.41) is 22.7. The smallest absolute Gasteiger partial charge is 0.164 e. The lowest BCUT2D eigenvalue weighted by Crippen LogP contribution is -2.32. The molecule has 2 heterocycles. The number of aromatic hydroxyl groups is 1. The third kappa shape index (κ3) is 6.81. The molecule has 0 radical (unpaired) electrons. The number of hydrogen-bond acceptors (Lipinski definition) is 6. The number of pyridine rings is 1. The molecule has 2 aromatic heterocycles. The third-order valence-corrected chi connectivity index (χ3v) is 5.93. The van der Waals surface area contributed by atoms with Crippen molar-refractivity contribution in [2.24, 2.45) is 0 Å². The summed E-state index contributed by atoms with van der Waals surface area (Å²) in [6, 6.07) is 19.0. The van der Waals surface area contributed by atoms with Gasteiger partial charge in [0.2, 0.25) is 0 Å². The van der Waals surface area contributed by atoms with Gasteiger partial charge in [0, 0.05) is 24.8 Å². The normalized spacial score (nSPS) is 12.2. The predicted molar refractivity (Wildman–Crippen MR) is 138 cm³/mol. The van der Waals surface area contributed by atoms with Gasteiger partial charge in [-0.2, -0.15) is 0 Å². The van der Waals surface area contributed by atoms with Crippen molar-refractivity contribution in [1.29, 1.82) is 0 Å². The first-order valence-corrected chi connectivity index (χ1v) is 12.4. The second kappa shape index (κ2) is 12.3. The number of ether oxygens (including phenoxy) is 1. The van der Waals surface area contributed by atoms with Crippen LogP contribution in [0.15, 0.2) is 66.9 Å². The van der Waals surface area contributed by atoms with E-state index in [4.69, 9.17) is 9.72 Å². The van der Waals surface area contributed by atoms with Gasteiger partial charge in [0.05, 0.1) is 0 Å². The van der Waals surface area contributed by atoms with Crippen molar-refractivity contribution >= 4 is 11.2 Å². The van der Waals surface area contributed by atoms with E-state index in [1.165, 1.54) is 18.4 Å². The number of rotatable bonds is 13. The second-order valence-corrected chi connectivity index (χ2v) is 8.75. The highest BCUT2D eigenvalue weighted by atomic mass is 16.5. The van der Waals surface area contributed by atoms with E-state index in [1.807, 2.05) is 18.3 Å². The predicted octanol–water partition coefficient (Wildman–Crippen LogP) is 4.43. The number of phenolic OH excluding ortho intramolecular Hbond substituents is 1. The minimum Gasteiger partial charge on any atom is -0.508 e. The van der Waals surface area contributed by atoms with Gasteiger partial charge in [0.15, 0.2) is 5.65 Å². The Bertz CT molecular complexity index is 1190. The number of aliphatic hydroxyl groups is 1. The van der Waals surface area contributed by atoms with Crippen molar-refractivity contribution in [1.82, 2.24) is 19.9 Å². The van der Waals surface area contributed by atoms with E-state index in [0.717, 1.165) is 48.5 Å². The quantitative estimate of drug-likeness (QED) is 0.248. The first-order valence-electron chi connectivity index (χ1n) is 12.4. The molecule has 2 aromatic carbocycles. The van der Waals surface area contributed by atoms with E-state index in [-0.39, 0.29) is 12.4 Å². The zero-order chi connectivity index (χ0) is 24.5. The number of imidazole rings is 1. The van der Waals surface area contributed by atoms with E-state index in [2.05, 4.69) is 46.1 Å². The molecule has 4 rings (SSSR count). The molecule has 0 spiro atoms. The first kappa shape index (κ1) is 24.7. The molecule has 0 amide bonds. The van der Waals surface area contributed by atoms with E-state index in [9.17, 15) is 10.2 Å². The number of nitrogens with zero attached hydrogens (tertiary/aromatic N) is 3. The molecular formula is C28H34N4O3. The van der Waals surface area contributed by atoms with Crippen LogP contribution in [0.3, 0.4) is 0 Å². The lowest BCUT2D eigenvalue weighted by molar-refractivity contribution is 0.106. The van der Waals surface area contributed by atoms with Crippen LogP contribution >= 0.6 is 0 Å². The molecule has 0 saturated heterocycles. The lowest BCUT2D eigenvalue weighted by Gasteiger charge is -2.13. The van der Waals surface area contributed by atoms with Crippen LogP contribution < -0.4 is 10.1 Å². The largest absolute Gasteiger partial charge is 0.508 e. The Morgan fingerprint density at radius 1 is 1.00 bits per heavy atom. The number of unbranched alkanes of at least 4 members (excludes halogenated alkanes) is 2. The van der Waals surface area contributed by atoms with Crippen LogP contribution in [0.2, 0.25) is 0 Å². The van der Waals surface area contributed by atoms with E-state index in [0.29, 0.717) is 12.3 Å². The topological polar surface area (TPSA) is 92.4 Å². The summed E-state index contributed by atoms with van der Waals surface area (Å²) in [5.41, 5.74) is 4.13. The third-order valence-electron chi connectivity index (χ3n) is 5.93. The van der Waals surface area contributed by atoms with Crippen LogP contribution in [0.4, 0.5) is 0 Å². The summed E-state index contributed by atoms with van der Waals surface area (Å²) in [7, 11) is 0. The molecule has 7 heteroatoms. The van der Waals surface area contributed by atoms with Crippen molar-refractivity contribution < 1.29 is 14.9 Å². The first-order chi connectivity index (χ1) is 17.1. The second-order valence-electron chi connectivity index (χ2n) is 8.75. The molecule has 0 fully saturated rings. The number of hydrogen-bond donors (Lipinski definition) is 3. The molecule has 0 aliphatic heterocycles. The van der Waals surface area contributed by atoms with Crippen molar-refractivity contribution in [3.63, 3.8) is 0 Å². The molecule has 0 bridgehead atoms. The molecular weight excluding hydrogens is 440 g/mol. The Kier molecular flexibility index (Phi) is 8.70. The van der Waals surface area contributed by atoms with Gasteiger partial charge in [0.25, 0.3) is 0 Å². The lowest BCUT2D eigenvalue weighted by atomic mass is 10.1. The number of fused-ring (bicyclic) bond motifs is 1. The Labute approximate surface area is 206 Å². The minimum absolute atomic E-state index is 0.190. The fraction of sp³-hybridized carbons (Fsp3) is 0.357. The average Bonchev–Trinajstić information content (AvgIpc) is 3.25. The van der Waals surface area contributed by atoms with E-state index >= 15 is 0 Å². The monoisotopic (exact) mass is 474 g/mol. The highest BCUT2D eigenvalue weighted by Crippen LogP contribution is 2.22. The van der Waals surface area contributed by atoms with E-state index in [1.54, 1.807) is 24.3 Å². The van der Waals surface area contributed by atoms with Gasteiger partial charge < -0.3 is 20.3 Å². The number of nitrogens with one attached hydrogen (secondary N) is 1. The molecule has 0 unspecified atom stereocenters. The molecule has 0 aliphatic rings. The summed E-state index contributed by atoms with van der Waals surface area (Å²) in [5.74, 6) is 1.87. The Morgan fingerprint density at radius 3 is 2.57 bits per heavy atom. The molecule has 4 aromatic rings. The Balaban J connectivity index is 1.29. The average molecular weight is 475 g/mol. The van der Waals surface area contributed by atoms with Gasteiger partial charge in [-0.25, -0.2) is 9.97 Å². The minimum atomic E-state index is -0.612. The fourth-order valence-corrected chi connectivity index (χ4v) is 4.04. The summed E-state index contributed by atoms with van der Waals surface area (Å²) >= 11 is 0. The maximum Gasteiger partial charge on any atom is 0.164 e. The van der Waals surface area contributed by atoms with Crippen LogP contribution in [0.5, 0.6) is 11.5 Å². The molecule has 35 heavy (non-hydrogen) atoms. The van der Waals surface area contributed by atoms with Gasteiger partial charge in [-0.1, -0.05) is 31.9 Å². The van der Waals surface area contributed by atoms with Gasteiger partial charge >= 0.3 is 0 Å². The number of aryl methyl sites for hydroxylation is 1. The SMILES string of the molecule is CCCCCc1nc2cccnc2n1-c1ccc(CCNC[C@@H](O)COc2ccc(O)cc2)cc1. The van der Waals surface area contributed by atoms with Crippen LogP contribution in [-0.2, 0) is 12.8 Å². The maximum atomic E-state index is 10.1. The Morgan fingerprint density at radius 2 is 1.80 bits per heavy atom. The molecule has 184 valence electrons. The highest BCUT2D eigenvalue weighted by Gasteiger charge is 2.13. The number of phenols is 1. The summed E-state index contributed by atoms with van der Waals surface area (Å²) in [6.45, 7) is 3.61. The van der Waals surface area contributed by atoms with Gasteiger partial charge in [-0.15, -0.1) is 0 Å². The van der Waals surface area contributed by atoms with Crippen LogP contribution in [-0.4, -0.2) is 50.5 Å². The van der Waals surface area contributed by atoms with Gasteiger partial charge in [-0.3, -0.25) is 4.57 Å². The number of aliphatic hydroxyl groups excluding tert-OH is 1. The summed E-state index contributed by atoms with van der Waals surface area (Å²) in [4.78, 5) is 9.43. The zero-order valence-corrected chi connectivity index (χ0v) is 20.2. The van der Waals surface area contributed by atoms with Gasteiger partial charge in [-0.05, 0) is 73.5 Å². The summed E-state index contributed by atoms with van der Waals surface area (Å²) in [6.07, 6.45) is 6.51. The molecule has 3 N–H and O–H groups in total. The van der Waals surface area contributed by atoms with Crippen molar-refractivity contribution in [2.75, 3.05) is 19.7 Å². The van der Waals surface area contributed by atoms with Crippen LogP contribution in [0, 0.1) is 0 Å². The van der Waals surface area contributed by atoms with E-state index < -0.39 is 6.10 Å². The standard InChI is InChI=1S/C28H34N4O3/c1-2-3-4-7-27-31-26-6-5-17-30-28(26)32(27)22-10-8-21(9-11-22)16-18-29-19-24(34)20-35-25-14-12-23(33)13-15-25/h5-6,8-15,17,24,29,33-34H,2-4,7,16,18-20H2,1H3/t24-/m1/s1. The molecule has 0 aliphatic carbocycles. The summed E-state index contributed by atoms with van der Waals surface area (Å²) < 4.78 is 7.72. The van der Waals surface area contributed by atoms with Crippen LogP contribution in [0.1, 0.15) is 37.6 Å². The van der Waals surface area contributed by atoms with Crippen LogP contribution in [0.25, 0.3) is 16.9 Å². The Hall–Kier alpha value is -3.42. The number of aromatic nitrogens is 3.